The third-order valence-corrected chi connectivity index (χ3v) is 6.54. The van der Waals surface area contributed by atoms with E-state index in [0.717, 1.165) is 44.2 Å². The second-order valence-electron chi connectivity index (χ2n) is 7.54. The average molecular weight is 390 g/mol. The van der Waals surface area contributed by atoms with E-state index < -0.39 is 0 Å². The first-order valence-corrected chi connectivity index (χ1v) is 10.6. The molecule has 0 bridgehead atoms. The predicted octanol–water partition coefficient (Wildman–Crippen LogP) is 2.96. The second-order valence-corrected chi connectivity index (χ2v) is 8.65. The smallest absolute Gasteiger partial charge is 0.310 e. The van der Waals surface area contributed by atoms with Crippen molar-refractivity contribution in [3.63, 3.8) is 0 Å². The molecular formula is C20H27N3O3S. The van der Waals surface area contributed by atoms with Gasteiger partial charge in [0.05, 0.1) is 24.6 Å². The third kappa shape index (κ3) is 4.69. The summed E-state index contributed by atoms with van der Waals surface area (Å²) in [4.78, 5) is 27.8. The second kappa shape index (κ2) is 8.85. The van der Waals surface area contributed by atoms with Crippen LogP contribution < -0.4 is 5.32 Å². The van der Waals surface area contributed by atoms with Crippen LogP contribution >= 0.6 is 11.3 Å². The minimum Gasteiger partial charge on any atom is -0.466 e. The zero-order chi connectivity index (χ0) is 19.4. The largest absolute Gasteiger partial charge is 0.466 e. The molecule has 1 N–H and O–H groups in total. The summed E-state index contributed by atoms with van der Waals surface area (Å²) in [6.07, 6.45) is 4.68. The fraction of sp³-hybridized carbons (Fsp3) is 0.650. The number of ether oxygens (including phenoxy) is 1. The van der Waals surface area contributed by atoms with Gasteiger partial charge in [-0.05, 0) is 57.1 Å². The number of anilines is 1. The van der Waals surface area contributed by atoms with Crippen molar-refractivity contribution in [3.05, 3.63) is 16.0 Å². The maximum absolute atomic E-state index is 12.6. The van der Waals surface area contributed by atoms with Gasteiger partial charge in [0.25, 0.3) is 0 Å². The van der Waals surface area contributed by atoms with Crippen LogP contribution in [0.2, 0.25) is 0 Å². The number of hydrogen-bond donors (Lipinski definition) is 1. The van der Waals surface area contributed by atoms with Gasteiger partial charge < -0.3 is 10.1 Å². The van der Waals surface area contributed by atoms with Crippen LogP contribution in [0.1, 0.15) is 49.1 Å². The third-order valence-electron chi connectivity index (χ3n) is 5.37. The molecule has 1 saturated heterocycles. The highest BCUT2D eigenvalue weighted by Gasteiger charge is 2.29. The van der Waals surface area contributed by atoms with Crippen molar-refractivity contribution < 1.29 is 14.3 Å². The van der Waals surface area contributed by atoms with E-state index in [1.165, 1.54) is 4.88 Å². The zero-order valence-electron chi connectivity index (χ0n) is 16.0. The predicted molar refractivity (Wildman–Crippen MR) is 105 cm³/mol. The zero-order valence-corrected chi connectivity index (χ0v) is 16.9. The molecule has 146 valence electrons. The van der Waals surface area contributed by atoms with Gasteiger partial charge in [0, 0.05) is 11.4 Å². The van der Waals surface area contributed by atoms with Crippen LogP contribution in [-0.2, 0) is 27.2 Å². The Labute approximate surface area is 164 Å². The van der Waals surface area contributed by atoms with Crippen molar-refractivity contribution in [2.24, 2.45) is 11.8 Å². The Bertz CT molecular complexity index is 752. The number of amides is 1. The van der Waals surface area contributed by atoms with Crippen molar-refractivity contribution in [1.82, 2.24) is 4.90 Å². The number of likely N-dealkylation sites (tertiary alicyclic amines) is 1. The summed E-state index contributed by atoms with van der Waals surface area (Å²) in [6.45, 7) is 6.00. The molecule has 1 aromatic heterocycles. The Morgan fingerprint density at radius 2 is 2.22 bits per heavy atom. The summed E-state index contributed by atoms with van der Waals surface area (Å²) in [5, 5.41) is 13.2. The van der Waals surface area contributed by atoms with Crippen LogP contribution in [0.15, 0.2) is 0 Å². The van der Waals surface area contributed by atoms with Crippen molar-refractivity contribution in [2.75, 3.05) is 31.6 Å². The lowest BCUT2D eigenvalue weighted by molar-refractivity contribution is -0.150. The monoisotopic (exact) mass is 389 g/mol. The van der Waals surface area contributed by atoms with Crippen LogP contribution in [0.5, 0.6) is 0 Å². The number of nitrogens with zero attached hydrogens (tertiary/aromatic N) is 2. The average Bonchev–Trinajstić information content (AvgIpc) is 2.97. The summed E-state index contributed by atoms with van der Waals surface area (Å²) in [6, 6.07) is 2.28. The van der Waals surface area contributed by atoms with Crippen LogP contribution in [0.3, 0.4) is 0 Å². The van der Waals surface area contributed by atoms with Crippen molar-refractivity contribution >= 4 is 28.2 Å². The van der Waals surface area contributed by atoms with Gasteiger partial charge in [-0.3, -0.25) is 14.5 Å². The van der Waals surface area contributed by atoms with Gasteiger partial charge in [0.15, 0.2) is 0 Å². The number of piperidine rings is 1. The molecule has 0 unspecified atom stereocenters. The molecule has 1 aromatic rings. The summed E-state index contributed by atoms with van der Waals surface area (Å²) < 4.78 is 5.12. The van der Waals surface area contributed by atoms with E-state index in [1.807, 2.05) is 4.90 Å². The van der Waals surface area contributed by atoms with Crippen LogP contribution in [0.25, 0.3) is 0 Å². The fourth-order valence-electron chi connectivity index (χ4n) is 3.98. The molecule has 1 aliphatic carbocycles. The Morgan fingerprint density at radius 3 is 2.96 bits per heavy atom. The number of carbonyl (C=O) groups is 2. The Kier molecular flexibility index (Phi) is 6.51. The van der Waals surface area contributed by atoms with Gasteiger partial charge in [0.1, 0.15) is 11.1 Å². The Morgan fingerprint density at radius 1 is 1.41 bits per heavy atom. The molecule has 1 amide bonds. The molecule has 0 radical (unpaired) electrons. The van der Waals surface area contributed by atoms with E-state index in [1.54, 1.807) is 18.3 Å². The molecular weight excluding hydrogens is 362 g/mol. The molecule has 2 atom stereocenters. The SMILES string of the molecule is CCOC(=O)[C@H]1CCCN(CC(=O)Nc2sc3c(c2C#N)CC[C@@H](C)C3)C1. The number of esters is 1. The molecule has 3 rings (SSSR count). The number of rotatable bonds is 5. The lowest BCUT2D eigenvalue weighted by Crippen LogP contribution is -2.43. The van der Waals surface area contributed by atoms with Gasteiger partial charge in [-0.25, -0.2) is 0 Å². The summed E-state index contributed by atoms with van der Waals surface area (Å²) in [5.74, 6) is 0.174. The van der Waals surface area contributed by atoms with E-state index in [2.05, 4.69) is 18.3 Å². The summed E-state index contributed by atoms with van der Waals surface area (Å²) >= 11 is 1.55. The van der Waals surface area contributed by atoms with E-state index in [4.69, 9.17) is 4.74 Å². The van der Waals surface area contributed by atoms with Gasteiger partial charge in [-0.15, -0.1) is 11.3 Å². The molecule has 0 spiro atoms. The quantitative estimate of drug-likeness (QED) is 0.783. The van der Waals surface area contributed by atoms with E-state index in [9.17, 15) is 14.9 Å². The van der Waals surface area contributed by atoms with Gasteiger partial charge >= 0.3 is 5.97 Å². The van der Waals surface area contributed by atoms with Crippen molar-refractivity contribution in [3.8, 4) is 6.07 Å². The summed E-state index contributed by atoms with van der Waals surface area (Å²) in [7, 11) is 0. The first-order valence-electron chi connectivity index (χ1n) is 9.75. The molecule has 1 fully saturated rings. The summed E-state index contributed by atoms with van der Waals surface area (Å²) in [5.41, 5.74) is 1.76. The fourth-order valence-corrected chi connectivity index (χ4v) is 5.36. The number of thiophene rings is 1. The van der Waals surface area contributed by atoms with Crippen LogP contribution in [0, 0.1) is 23.2 Å². The van der Waals surface area contributed by atoms with E-state index in [0.29, 0.717) is 29.6 Å². The van der Waals surface area contributed by atoms with Gasteiger partial charge in [0.2, 0.25) is 5.91 Å². The van der Waals surface area contributed by atoms with Crippen molar-refractivity contribution in [1.29, 1.82) is 5.26 Å². The number of hydrogen-bond acceptors (Lipinski definition) is 6. The highest BCUT2D eigenvalue weighted by molar-refractivity contribution is 7.16. The molecule has 27 heavy (non-hydrogen) atoms. The number of fused-ring (bicyclic) bond motifs is 1. The minimum absolute atomic E-state index is 0.123. The first-order chi connectivity index (χ1) is 13.0. The maximum atomic E-state index is 12.6. The molecule has 0 saturated carbocycles. The Hall–Kier alpha value is -1.91. The number of nitrogens with one attached hydrogen (secondary N) is 1. The first kappa shape index (κ1) is 19.8. The van der Waals surface area contributed by atoms with Crippen LogP contribution in [0.4, 0.5) is 5.00 Å². The van der Waals surface area contributed by atoms with E-state index in [-0.39, 0.29) is 24.3 Å². The highest BCUT2D eigenvalue weighted by atomic mass is 32.1. The maximum Gasteiger partial charge on any atom is 0.310 e. The molecule has 7 heteroatoms. The van der Waals surface area contributed by atoms with Gasteiger partial charge in [-0.1, -0.05) is 6.92 Å². The Balaban J connectivity index is 1.61. The van der Waals surface area contributed by atoms with Gasteiger partial charge in [-0.2, -0.15) is 5.26 Å². The minimum atomic E-state index is -0.172. The normalized spacial score (nSPS) is 22.6. The standard InChI is InChI=1S/C20H27N3O3S/c1-3-26-20(25)14-5-4-8-23(11-14)12-18(24)22-19-16(10-21)15-7-6-13(2)9-17(15)27-19/h13-14H,3-9,11-12H2,1-2H3,(H,22,24)/t13-,14+/m1/s1. The lowest BCUT2D eigenvalue weighted by atomic mass is 9.89. The highest BCUT2D eigenvalue weighted by Crippen LogP contribution is 2.39. The number of carbonyl (C=O) groups excluding carboxylic acids is 2. The molecule has 2 heterocycles. The van der Waals surface area contributed by atoms with Crippen molar-refractivity contribution in [2.45, 2.75) is 46.0 Å². The molecule has 0 aromatic carbocycles. The molecule has 1 aliphatic heterocycles. The topological polar surface area (TPSA) is 82.4 Å². The molecule has 6 nitrogen and oxygen atoms in total. The lowest BCUT2D eigenvalue weighted by Gasteiger charge is -2.30. The van der Waals surface area contributed by atoms with E-state index >= 15 is 0 Å². The van der Waals surface area contributed by atoms with Crippen LogP contribution in [-0.4, -0.2) is 43.0 Å². The molecule has 2 aliphatic rings. The number of nitriles is 1.